The zero-order chi connectivity index (χ0) is 13.4. The van der Waals surface area contributed by atoms with Crippen LogP contribution in [0.2, 0.25) is 0 Å². The third-order valence-corrected chi connectivity index (χ3v) is 3.28. The Kier molecular flexibility index (Phi) is 7.26. The van der Waals surface area contributed by atoms with Gasteiger partial charge in [-0.25, -0.2) is 5.84 Å². The molecule has 0 saturated carbocycles. The minimum atomic E-state index is 0.518. The maximum Gasteiger partial charge on any atom is 0.210 e. The molecule has 0 aliphatic rings. The van der Waals surface area contributed by atoms with Crippen LogP contribution < -0.4 is 16.6 Å². The minimum Gasteiger partial charge on any atom is -0.385 e. The molecule has 0 amide bonds. The Morgan fingerprint density at radius 2 is 2.22 bits per heavy atom. The van der Waals surface area contributed by atoms with Crippen LogP contribution in [0, 0.1) is 0 Å². The molecule has 100 valence electrons. The lowest BCUT2D eigenvalue weighted by Crippen LogP contribution is -2.36. The van der Waals surface area contributed by atoms with Crippen molar-refractivity contribution in [3.63, 3.8) is 0 Å². The first-order valence-electron chi connectivity index (χ1n) is 5.39. The summed E-state index contributed by atoms with van der Waals surface area (Å²) in [6, 6.07) is 5.82. The summed E-state index contributed by atoms with van der Waals surface area (Å²) in [6.07, 6.45) is 0.850. The van der Waals surface area contributed by atoms with Crippen LogP contribution in [0.1, 0.15) is 6.42 Å². The van der Waals surface area contributed by atoms with Gasteiger partial charge in [-0.2, -0.15) is 0 Å². The van der Waals surface area contributed by atoms with E-state index in [1.807, 2.05) is 18.2 Å². The van der Waals surface area contributed by atoms with Crippen LogP contribution in [0.5, 0.6) is 0 Å². The summed E-state index contributed by atoms with van der Waals surface area (Å²) in [5, 5.41) is 3.11. The van der Waals surface area contributed by atoms with E-state index < -0.39 is 0 Å². The number of methoxy groups -OCH3 is 1. The van der Waals surface area contributed by atoms with Gasteiger partial charge in [-0.1, -0.05) is 15.9 Å². The Balaban J connectivity index is 2.64. The molecular weight excluding hydrogens is 364 g/mol. The third-order valence-electron chi connectivity index (χ3n) is 2.09. The summed E-state index contributed by atoms with van der Waals surface area (Å²) in [7, 11) is 1.67. The maximum atomic E-state index is 5.42. The number of anilines is 1. The number of guanidine groups is 1. The lowest BCUT2D eigenvalue weighted by atomic mass is 10.3. The second kappa shape index (κ2) is 8.47. The van der Waals surface area contributed by atoms with Gasteiger partial charge in [0.2, 0.25) is 5.96 Å². The van der Waals surface area contributed by atoms with Crippen molar-refractivity contribution in [2.45, 2.75) is 6.42 Å². The number of hydrogen-bond acceptors (Lipinski definition) is 3. The van der Waals surface area contributed by atoms with Gasteiger partial charge in [0.1, 0.15) is 0 Å². The molecule has 0 radical (unpaired) electrons. The summed E-state index contributed by atoms with van der Waals surface area (Å²) in [5.41, 5.74) is 3.42. The maximum absolute atomic E-state index is 5.42. The largest absolute Gasteiger partial charge is 0.385 e. The molecule has 4 N–H and O–H groups in total. The van der Waals surface area contributed by atoms with Gasteiger partial charge in [-0.3, -0.25) is 10.4 Å². The molecule has 7 heteroatoms. The molecule has 0 saturated heterocycles. The summed E-state index contributed by atoms with van der Waals surface area (Å²) in [6.45, 7) is 1.33. The zero-order valence-corrected chi connectivity index (χ0v) is 13.2. The first-order valence-corrected chi connectivity index (χ1v) is 6.98. The minimum absolute atomic E-state index is 0.518. The predicted molar refractivity (Wildman–Crippen MR) is 81.6 cm³/mol. The van der Waals surface area contributed by atoms with E-state index in [4.69, 9.17) is 10.6 Å². The van der Waals surface area contributed by atoms with E-state index in [2.05, 4.69) is 47.6 Å². The number of hydrazine groups is 1. The van der Waals surface area contributed by atoms with Crippen molar-refractivity contribution in [2.75, 3.05) is 25.6 Å². The molecule has 0 aromatic heterocycles. The van der Waals surface area contributed by atoms with Crippen molar-refractivity contribution in [1.29, 1.82) is 0 Å². The van der Waals surface area contributed by atoms with Crippen LogP contribution in [-0.4, -0.2) is 26.2 Å². The number of ether oxygens (including phenoxy) is 1. The third kappa shape index (κ3) is 5.34. The van der Waals surface area contributed by atoms with Gasteiger partial charge >= 0.3 is 0 Å². The van der Waals surface area contributed by atoms with Crippen molar-refractivity contribution in [2.24, 2.45) is 10.8 Å². The topological polar surface area (TPSA) is 71.7 Å². The number of aliphatic imine (C=N–C) groups is 1. The van der Waals surface area contributed by atoms with E-state index in [9.17, 15) is 0 Å². The van der Waals surface area contributed by atoms with Crippen LogP contribution in [0.25, 0.3) is 0 Å². The van der Waals surface area contributed by atoms with Crippen LogP contribution in [-0.2, 0) is 4.74 Å². The van der Waals surface area contributed by atoms with Crippen LogP contribution in [0.3, 0.4) is 0 Å². The van der Waals surface area contributed by atoms with Crippen LogP contribution in [0.4, 0.5) is 5.69 Å². The van der Waals surface area contributed by atoms with Crippen molar-refractivity contribution in [1.82, 2.24) is 5.43 Å². The number of halogens is 2. The van der Waals surface area contributed by atoms with Crippen molar-refractivity contribution >= 4 is 43.5 Å². The lowest BCUT2D eigenvalue weighted by Gasteiger charge is -2.11. The molecule has 1 aromatic rings. The van der Waals surface area contributed by atoms with E-state index in [1.165, 1.54) is 0 Å². The Labute approximate surface area is 123 Å². The SMILES string of the molecule is COCCCN=C(NN)Nc1cc(Br)ccc1Br. The Morgan fingerprint density at radius 3 is 2.89 bits per heavy atom. The standard InChI is InChI=1S/C11H16Br2N4O/c1-18-6-2-5-15-11(17-14)16-10-7-8(12)3-4-9(10)13/h3-4,7H,2,5-6,14H2,1H3,(H2,15,16,17). The Morgan fingerprint density at radius 1 is 1.44 bits per heavy atom. The highest BCUT2D eigenvalue weighted by molar-refractivity contribution is 9.11. The van der Waals surface area contributed by atoms with E-state index in [0.717, 1.165) is 21.1 Å². The smallest absolute Gasteiger partial charge is 0.210 e. The fourth-order valence-electron chi connectivity index (χ4n) is 1.24. The molecular formula is C11H16Br2N4O. The molecule has 0 bridgehead atoms. The Hall–Kier alpha value is -0.630. The molecule has 0 spiro atoms. The number of nitrogens with two attached hydrogens (primary N) is 1. The highest BCUT2D eigenvalue weighted by atomic mass is 79.9. The normalized spacial score (nSPS) is 11.4. The molecule has 0 atom stereocenters. The molecule has 0 aliphatic carbocycles. The molecule has 1 aromatic carbocycles. The summed E-state index contributed by atoms with van der Waals surface area (Å²) >= 11 is 6.87. The predicted octanol–water partition coefficient (Wildman–Crippen LogP) is 2.48. The number of hydrogen-bond donors (Lipinski definition) is 3. The highest BCUT2D eigenvalue weighted by Crippen LogP contribution is 2.25. The van der Waals surface area contributed by atoms with Gasteiger partial charge in [0.15, 0.2) is 0 Å². The molecule has 0 aliphatic heterocycles. The van der Waals surface area contributed by atoms with Gasteiger partial charge in [-0.05, 0) is 40.5 Å². The van der Waals surface area contributed by atoms with Crippen LogP contribution >= 0.6 is 31.9 Å². The van der Waals surface area contributed by atoms with Crippen molar-refractivity contribution in [3.8, 4) is 0 Å². The number of benzene rings is 1. The van der Waals surface area contributed by atoms with E-state index in [1.54, 1.807) is 7.11 Å². The van der Waals surface area contributed by atoms with E-state index in [-0.39, 0.29) is 0 Å². The van der Waals surface area contributed by atoms with Gasteiger partial charge in [0.25, 0.3) is 0 Å². The lowest BCUT2D eigenvalue weighted by molar-refractivity contribution is 0.197. The molecule has 0 unspecified atom stereocenters. The summed E-state index contributed by atoms with van der Waals surface area (Å²) in [4.78, 5) is 4.30. The molecule has 0 heterocycles. The fourth-order valence-corrected chi connectivity index (χ4v) is 1.95. The monoisotopic (exact) mass is 378 g/mol. The molecule has 5 nitrogen and oxygen atoms in total. The number of nitrogens with one attached hydrogen (secondary N) is 2. The molecule has 0 fully saturated rings. The second-order valence-corrected chi connectivity index (χ2v) is 5.24. The van der Waals surface area contributed by atoms with Gasteiger partial charge < -0.3 is 10.1 Å². The first kappa shape index (κ1) is 15.4. The number of nitrogens with zero attached hydrogens (tertiary/aromatic N) is 1. The average Bonchev–Trinajstić information content (AvgIpc) is 2.37. The zero-order valence-electron chi connectivity index (χ0n) is 10.0. The van der Waals surface area contributed by atoms with E-state index >= 15 is 0 Å². The Bertz CT molecular complexity index is 412. The quantitative estimate of drug-likeness (QED) is 0.241. The highest BCUT2D eigenvalue weighted by Gasteiger charge is 2.03. The number of rotatable bonds is 5. The second-order valence-electron chi connectivity index (χ2n) is 3.47. The van der Waals surface area contributed by atoms with Crippen LogP contribution in [0.15, 0.2) is 32.1 Å². The summed E-state index contributed by atoms with van der Waals surface area (Å²) < 4.78 is 6.87. The van der Waals surface area contributed by atoms with E-state index in [0.29, 0.717) is 19.1 Å². The van der Waals surface area contributed by atoms with Gasteiger partial charge in [0, 0.05) is 29.2 Å². The van der Waals surface area contributed by atoms with Gasteiger partial charge in [-0.15, -0.1) is 0 Å². The van der Waals surface area contributed by atoms with Crippen molar-refractivity contribution < 1.29 is 4.74 Å². The average molecular weight is 380 g/mol. The van der Waals surface area contributed by atoms with Crippen molar-refractivity contribution in [3.05, 3.63) is 27.1 Å². The summed E-state index contributed by atoms with van der Waals surface area (Å²) in [5.74, 6) is 5.94. The van der Waals surface area contributed by atoms with Gasteiger partial charge in [0.05, 0.1) is 5.69 Å². The molecule has 1 rings (SSSR count). The fraction of sp³-hybridized carbons (Fsp3) is 0.364. The molecule has 18 heavy (non-hydrogen) atoms. The first-order chi connectivity index (χ1) is 8.67.